The number of aromatic hydroxyl groups is 2. The molecule has 3 aromatic carbocycles. The van der Waals surface area contributed by atoms with Crippen molar-refractivity contribution in [1.82, 2.24) is 42.5 Å². The Morgan fingerprint density at radius 1 is 0.419 bits per heavy atom. The van der Waals surface area contributed by atoms with E-state index in [4.69, 9.17) is 45.9 Å². The Kier molecular flexibility index (Phi) is 32.4. The van der Waals surface area contributed by atoms with Crippen molar-refractivity contribution in [1.29, 1.82) is 0 Å². The molecule has 0 aliphatic carbocycles. The molecular weight excluding hydrogens is 1210 g/mol. The predicted octanol–water partition coefficient (Wildman–Crippen LogP) is -5.03. The van der Waals surface area contributed by atoms with Crippen LogP contribution in [0.5, 0.6) is 11.5 Å². The fourth-order valence-corrected chi connectivity index (χ4v) is 9.07. The van der Waals surface area contributed by atoms with E-state index in [1.54, 1.807) is 44.2 Å². The number of hydrogen-bond donors (Lipinski definition) is 20. The molecule has 3 rings (SSSR count). The zero-order valence-corrected chi connectivity index (χ0v) is 51.6. The highest BCUT2D eigenvalue weighted by molar-refractivity contribution is 5.99. The zero-order chi connectivity index (χ0) is 69.3. The number of phenols is 2. The van der Waals surface area contributed by atoms with Crippen LogP contribution >= 0.6 is 0 Å². The molecule has 0 aromatic heterocycles. The number of aliphatic carboxylic acids is 2. The molecule has 28 N–H and O–H groups in total. The minimum Gasteiger partial charge on any atom is -0.508 e. The molecule has 34 nitrogen and oxygen atoms in total. The van der Waals surface area contributed by atoms with Gasteiger partial charge in [-0.25, -0.2) is 4.79 Å². The molecule has 10 atom stereocenters. The molecule has 0 aliphatic rings. The fourth-order valence-electron chi connectivity index (χ4n) is 9.07. The number of benzene rings is 3. The molecule has 0 bridgehead atoms. The van der Waals surface area contributed by atoms with E-state index in [0.29, 0.717) is 23.1 Å². The van der Waals surface area contributed by atoms with Gasteiger partial charge < -0.3 is 109 Å². The summed E-state index contributed by atoms with van der Waals surface area (Å²) in [5, 5.41) is 60.3. The number of aliphatic imine (C=N–C) groups is 3. The van der Waals surface area contributed by atoms with E-state index in [9.17, 15) is 73.2 Å². The van der Waals surface area contributed by atoms with E-state index in [2.05, 4.69) is 57.5 Å². The summed E-state index contributed by atoms with van der Waals surface area (Å²) in [5.41, 5.74) is 45.5. The van der Waals surface area contributed by atoms with Gasteiger partial charge in [-0.1, -0.05) is 74.9 Å². The molecule has 0 saturated heterocycles. The maximum absolute atomic E-state index is 14.7. The van der Waals surface area contributed by atoms with Gasteiger partial charge in [0, 0.05) is 38.9 Å². The van der Waals surface area contributed by atoms with Gasteiger partial charge in [0.1, 0.15) is 59.8 Å². The van der Waals surface area contributed by atoms with Crippen molar-refractivity contribution in [2.24, 2.45) is 66.8 Å². The number of carboxylic acids is 2. The van der Waals surface area contributed by atoms with Gasteiger partial charge >= 0.3 is 11.9 Å². The highest BCUT2D eigenvalue weighted by Crippen LogP contribution is 2.16. The fraction of sp³-hybridized carbons (Fsp3) is 0.458. The second kappa shape index (κ2) is 39.4. The summed E-state index contributed by atoms with van der Waals surface area (Å²) >= 11 is 0. The molecule has 0 spiro atoms. The minimum atomic E-state index is -2.03. The first-order valence-electron chi connectivity index (χ1n) is 29.6. The summed E-state index contributed by atoms with van der Waals surface area (Å²) in [6.07, 6.45) is -2.84. The first-order chi connectivity index (χ1) is 44.0. The second-order valence-corrected chi connectivity index (χ2v) is 21.8. The SMILES string of the molecule is CC[C@H](C)[C@H](NC(=O)[C@H](CCCN=C(N)N)NC(=O)[C@H](CCCN=C(N)N)NC(=O)[C@H](CCCN=C(N)N)NC(=O)[C@H](CC(=O)O)NC(=O)[C@H](Cc1ccc(O)cc1)NC(=O)[C@H](Cc1ccccc1)NC(=O)[C@H](Cc1ccc(O)cc1)NC(=O)[C@@H](N)CC(N)=O)C(=O)O. The molecule has 0 aliphatic heterocycles. The highest BCUT2D eigenvalue weighted by Gasteiger charge is 2.37. The molecule has 9 amide bonds. The number of carbonyl (C=O) groups excluding carboxylic acids is 9. The number of phenolic OH excluding ortho intramolecular Hbond substituents is 2. The summed E-state index contributed by atoms with van der Waals surface area (Å²) in [4.78, 5) is 163. The Morgan fingerprint density at radius 2 is 0.731 bits per heavy atom. The number of rotatable bonds is 41. The van der Waals surface area contributed by atoms with Gasteiger partial charge in [-0.2, -0.15) is 0 Å². The third-order valence-electron chi connectivity index (χ3n) is 14.2. The maximum Gasteiger partial charge on any atom is 0.326 e. The zero-order valence-electron chi connectivity index (χ0n) is 51.6. The summed E-state index contributed by atoms with van der Waals surface area (Å²) in [6, 6.07) is 4.84. The average molecular weight is 1300 g/mol. The monoisotopic (exact) mass is 1300 g/mol. The number of primary amides is 1. The van der Waals surface area contributed by atoms with Crippen LogP contribution in [0.3, 0.4) is 0 Å². The van der Waals surface area contributed by atoms with Crippen molar-refractivity contribution in [3.05, 3.63) is 95.6 Å². The average Bonchev–Trinajstić information content (AvgIpc) is 1.17. The Balaban J connectivity index is 2.09. The van der Waals surface area contributed by atoms with E-state index < -0.39 is 145 Å². The molecule has 0 unspecified atom stereocenters. The largest absolute Gasteiger partial charge is 0.508 e. The molecule has 508 valence electrons. The number of guanidine groups is 3. The van der Waals surface area contributed by atoms with Gasteiger partial charge in [0.2, 0.25) is 53.2 Å². The number of carboxylic acid groups (broad SMARTS) is 2. The number of nitrogens with two attached hydrogens (primary N) is 8. The van der Waals surface area contributed by atoms with E-state index in [1.807, 2.05) is 0 Å². The molecule has 0 fully saturated rings. The number of carbonyl (C=O) groups is 11. The van der Waals surface area contributed by atoms with Crippen LogP contribution in [-0.4, -0.2) is 177 Å². The van der Waals surface area contributed by atoms with Crippen molar-refractivity contribution in [3.8, 4) is 11.5 Å². The smallest absolute Gasteiger partial charge is 0.326 e. The molecule has 93 heavy (non-hydrogen) atoms. The Morgan fingerprint density at radius 3 is 1.06 bits per heavy atom. The van der Waals surface area contributed by atoms with Crippen LogP contribution in [0.1, 0.15) is 88.3 Å². The van der Waals surface area contributed by atoms with Gasteiger partial charge in [0.05, 0.1) is 18.9 Å². The number of nitrogens with zero attached hydrogens (tertiary/aromatic N) is 3. The molecule has 0 radical (unpaired) electrons. The molecule has 0 heterocycles. The van der Waals surface area contributed by atoms with E-state index >= 15 is 0 Å². The van der Waals surface area contributed by atoms with Crippen LogP contribution in [0.4, 0.5) is 0 Å². The Bertz CT molecular complexity index is 3110. The Labute approximate surface area is 535 Å². The minimum absolute atomic E-state index is 0.00455. The molecule has 0 saturated carbocycles. The van der Waals surface area contributed by atoms with Crippen molar-refractivity contribution in [3.63, 3.8) is 0 Å². The van der Waals surface area contributed by atoms with Gasteiger partial charge in [-0.05, 0) is 85.4 Å². The van der Waals surface area contributed by atoms with Crippen LogP contribution in [0, 0.1) is 5.92 Å². The summed E-state index contributed by atoms with van der Waals surface area (Å²) in [5.74, 6) is -13.9. The lowest BCUT2D eigenvalue weighted by Gasteiger charge is -2.28. The van der Waals surface area contributed by atoms with E-state index in [0.717, 1.165) is 0 Å². The number of hydrogen-bond acceptors (Lipinski definition) is 17. The summed E-state index contributed by atoms with van der Waals surface area (Å²) in [6.45, 7) is 3.13. The van der Waals surface area contributed by atoms with Crippen LogP contribution in [0.25, 0.3) is 0 Å². The van der Waals surface area contributed by atoms with Crippen molar-refractivity contribution < 1.29 is 73.2 Å². The van der Waals surface area contributed by atoms with E-state index in [1.165, 1.54) is 48.5 Å². The molecular formula is C59H87N19O15. The second-order valence-electron chi connectivity index (χ2n) is 21.8. The first-order valence-corrected chi connectivity index (χ1v) is 29.6. The lowest BCUT2D eigenvalue weighted by Crippen LogP contribution is -2.61. The van der Waals surface area contributed by atoms with Crippen molar-refractivity contribution in [2.75, 3.05) is 19.6 Å². The van der Waals surface area contributed by atoms with Gasteiger partial charge in [0.15, 0.2) is 17.9 Å². The molecule has 3 aromatic rings. The van der Waals surface area contributed by atoms with Crippen molar-refractivity contribution >= 4 is 83.0 Å². The summed E-state index contributed by atoms with van der Waals surface area (Å²) < 4.78 is 0. The Hall–Kier alpha value is -10.8. The van der Waals surface area contributed by atoms with Gasteiger partial charge in [0.25, 0.3) is 0 Å². The quantitative estimate of drug-likeness (QED) is 0.0144. The van der Waals surface area contributed by atoms with Crippen molar-refractivity contribution in [2.45, 2.75) is 145 Å². The third-order valence-corrected chi connectivity index (χ3v) is 14.2. The third kappa shape index (κ3) is 29.1. The summed E-state index contributed by atoms with van der Waals surface area (Å²) in [7, 11) is 0. The van der Waals surface area contributed by atoms with Crippen LogP contribution in [-0.2, 0) is 72.0 Å². The van der Waals surface area contributed by atoms with Crippen LogP contribution in [0.15, 0.2) is 93.8 Å². The van der Waals surface area contributed by atoms with E-state index in [-0.39, 0.29) is 100 Å². The predicted molar refractivity (Wildman–Crippen MR) is 340 cm³/mol. The maximum atomic E-state index is 14.7. The van der Waals surface area contributed by atoms with Crippen LogP contribution in [0.2, 0.25) is 0 Å². The highest BCUT2D eigenvalue weighted by atomic mass is 16.4. The first kappa shape index (κ1) is 76.4. The lowest BCUT2D eigenvalue weighted by atomic mass is 9.98. The molecule has 34 heteroatoms. The standard InChI is InChI=1S/C59H87N19O15/c1-3-31(2)47(56(92)93)78-51(87)40(14-9-25-70-59(66)67)72-49(85)38(12-7-23-68-57(62)63)71-50(86)39(13-8-24-69-58(64)65)73-55(91)44(30-46(82)83)77-54(90)43(28-34-17-21-36(80)22-18-34)76-53(89)42(26-32-10-5-4-6-11-32)75-52(88)41(27-33-15-19-35(79)20-16-33)74-48(84)37(60)29-45(61)81/h4-6,10-11,15-22,31,37-44,47,79-80H,3,7-9,12-14,23-30,60H2,1-2H3,(H2,61,81)(H,71,86)(H,72,85)(H,73,91)(H,74,84)(H,75,88)(H,76,89)(H,77,90)(H,78,87)(H,82,83)(H,92,93)(H4,62,63,68)(H4,64,65,69)(H4,66,67,70)/t31-,37-,38-,39-,40-,41-,42-,43-,44-,47-/m0/s1. The topological polar surface area (TPSA) is 610 Å². The van der Waals surface area contributed by atoms with Gasteiger partial charge in [-0.15, -0.1) is 0 Å². The lowest BCUT2D eigenvalue weighted by molar-refractivity contribution is -0.144. The van der Waals surface area contributed by atoms with Crippen LogP contribution < -0.4 is 88.4 Å². The normalized spacial score (nSPS) is 14.1. The van der Waals surface area contributed by atoms with Gasteiger partial charge in [-0.3, -0.25) is 62.9 Å². The number of nitrogens with one attached hydrogen (secondary N) is 8. The number of amides is 9.